The Morgan fingerprint density at radius 2 is 1.90 bits per heavy atom. The molecule has 1 fully saturated rings. The van der Waals surface area contributed by atoms with E-state index in [1.807, 2.05) is 30.3 Å². The lowest BCUT2D eigenvalue weighted by atomic mass is 9.91. The number of likely N-dealkylation sites (tertiary alicyclic amines) is 1. The van der Waals surface area contributed by atoms with Gasteiger partial charge < -0.3 is 25.5 Å². The van der Waals surface area contributed by atoms with Gasteiger partial charge in [0.1, 0.15) is 17.4 Å². The highest BCUT2D eigenvalue weighted by Gasteiger charge is 2.37. The molecule has 0 aliphatic carbocycles. The molecule has 212 valence electrons. The van der Waals surface area contributed by atoms with Crippen LogP contribution in [0.5, 0.6) is 0 Å². The van der Waals surface area contributed by atoms with Crippen molar-refractivity contribution >= 4 is 17.7 Å². The summed E-state index contributed by atoms with van der Waals surface area (Å²) in [4.78, 5) is 48.8. The van der Waals surface area contributed by atoms with Gasteiger partial charge in [0.15, 0.2) is 5.69 Å². The molecular weight excluding hydrogens is 527 g/mol. The molecule has 4 aromatic rings. The van der Waals surface area contributed by atoms with Gasteiger partial charge in [0.05, 0.1) is 29.9 Å². The number of halogens is 1. The summed E-state index contributed by atoms with van der Waals surface area (Å²) in [5, 5.41) is 6.64. The minimum absolute atomic E-state index is 0.106. The van der Waals surface area contributed by atoms with E-state index >= 15 is 0 Å². The fourth-order valence-corrected chi connectivity index (χ4v) is 5.43. The van der Waals surface area contributed by atoms with E-state index in [2.05, 4.69) is 20.4 Å². The van der Waals surface area contributed by atoms with Gasteiger partial charge in [-0.3, -0.25) is 14.4 Å². The van der Waals surface area contributed by atoms with Gasteiger partial charge in [-0.1, -0.05) is 47.6 Å². The number of hydrogen-bond donors (Lipinski definition) is 3. The van der Waals surface area contributed by atoms with Crippen LogP contribution in [0.4, 0.5) is 4.39 Å². The van der Waals surface area contributed by atoms with Crippen LogP contribution in [0.1, 0.15) is 77.4 Å². The largest absolute Gasteiger partial charge is 0.364 e. The first kappa shape index (κ1) is 27.8. The van der Waals surface area contributed by atoms with Crippen molar-refractivity contribution in [3.63, 3.8) is 0 Å². The molecule has 0 spiro atoms. The number of carbonyl (C=O) groups excluding carboxylic acids is 3. The molecule has 0 saturated carbocycles. The molecule has 3 atom stereocenters. The average molecular weight is 559 g/mol. The number of aromatic amines is 1. The molecule has 10 nitrogen and oxygen atoms in total. The highest BCUT2D eigenvalue weighted by molar-refractivity contribution is 5.97. The van der Waals surface area contributed by atoms with Crippen LogP contribution in [0.15, 0.2) is 65.3 Å². The Bertz CT molecular complexity index is 1570. The highest BCUT2D eigenvalue weighted by Crippen LogP contribution is 2.35. The van der Waals surface area contributed by atoms with Crippen LogP contribution >= 0.6 is 0 Å². The molecule has 5 rings (SSSR count). The summed E-state index contributed by atoms with van der Waals surface area (Å²) < 4.78 is 19.5. The zero-order valence-corrected chi connectivity index (χ0v) is 22.8. The third-order valence-electron chi connectivity index (χ3n) is 7.47. The average Bonchev–Trinajstić information content (AvgIpc) is 3.72. The van der Waals surface area contributed by atoms with Crippen molar-refractivity contribution in [1.29, 1.82) is 0 Å². The predicted octanol–water partition coefficient (Wildman–Crippen LogP) is 4.33. The first-order valence-electron chi connectivity index (χ1n) is 13.4. The maximum Gasteiger partial charge on any atom is 0.271 e. The second-order valence-electron chi connectivity index (χ2n) is 10.2. The topological polar surface area (TPSA) is 147 Å². The molecule has 0 bridgehead atoms. The smallest absolute Gasteiger partial charge is 0.271 e. The van der Waals surface area contributed by atoms with Crippen LogP contribution in [0.25, 0.3) is 11.3 Å². The number of nitrogens with zero attached hydrogens (tertiary/aromatic N) is 3. The zero-order chi connectivity index (χ0) is 29.1. The van der Waals surface area contributed by atoms with E-state index in [0.717, 1.165) is 18.4 Å². The zero-order valence-electron chi connectivity index (χ0n) is 22.8. The van der Waals surface area contributed by atoms with Gasteiger partial charge >= 0.3 is 0 Å². The summed E-state index contributed by atoms with van der Waals surface area (Å²) in [6.07, 6.45) is 2.92. The van der Waals surface area contributed by atoms with E-state index in [4.69, 9.17) is 10.3 Å². The fourth-order valence-electron chi connectivity index (χ4n) is 5.43. The monoisotopic (exact) mass is 558 g/mol. The van der Waals surface area contributed by atoms with Gasteiger partial charge in [-0.15, -0.1) is 0 Å². The Balaban J connectivity index is 1.40. The van der Waals surface area contributed by atoms with Crippen LogP contribution in [-0.2, 0) is 9.59 Å². The number of nitrogens with two attached hydrogens (primary N) is 1. The Hall–Kier alpha value is -4.80. The van der Waals surface area contributed by atoms with Crippen molar-refractivity contribution in [2.24, 2.45) is 5.73 Å². The maximum absolute atomic E-state index is 14.3. The fraction of sp³-hybridized carbons (Fsp3) is 0.300. The van der Waals surface area contributed by atoms with E-state index in [-0.39, 0.29) is 35.4 Å². The Kier molecular flexibility index (Phi) is 7.95. The summed E-state index contributed by atoms with van der Waals surface area (Å²) in [7, 11) is 0. The highest BCUT2D eigenvalue weighted by atomic mass is 19.1. The van der Waals surface area contributed by atoms with Crippen molar-refractivity contribution in [3.8, 4) is 11.3 Å². The number of aryl methyl sites for hydroxylation is 1. The van der Waals surface area contributed by atoms with Crippen LogP contribution in [-0.4, -0.2) is 44.3 Å². The number of rotatable bonds is 9. The van der Waals surface area contributed by atoms with E-state index in [0.29, 0.717) is 23.6 Å². The first-order chi connectivity index (χ1) is 19.7. The van der Waals surface area contributed by atoms with Crippen molar-refractivity contribution < 1.29 is 23.3 Å². The summed E-state index contributed by atoms with van der Waals surface area (Å²) in [5.41, 5.74) is 7.36. The third-order valence-corrected chi connectivity index (χ3v) is 7.47. The Morgan fingerprint density at radius 1 is 1.17 bits per heavy atom. The van der Waals surface area contributed by atoms with E-state index < -0.39 is 29.6 Å². The molecular formula is C30H31FN6O4. The lowest BCUT2D eigenvalue weighted by Gasteiger charge is -2.27. The standard InChI is InChI=1S/C30H31FN6O4/c1-17(29-33-16-23(35-29)20-11-6-7-12-22(20)31)34-30(40)21(26-18(2)41-36-27(26)28(32)39)15-25(38)37-14-8-13-24(37)19-9-4-3-5-10-19/h3-7,9-12,16-17,21,24H,8,13-15H2,1-2H3,(H2,32,39)(H,33,35)(H,34,40)/t17-,21-,24+/m0/s1. The summed E-state index contributed by atoms with van der Waals surface area (Å²) in [6, 6.07) is 15.3. The van der Waals surface area contributed by atoms with Crippen LogP contribution < -0.4 is 11.1 Å². The molecule has 1 saturated heterocycles. The van der Waals surface area contributed by atoms with Gasteiger partial charge in [0.2, 0.25) is 11.8 Å². The number of amides is 3. The summed E-state index contributed by atoms with van der Waals surface area (Å²) >= 11 is 0. The number of hydrogen-bond acceptors (Lipinski definition) is 6. The second-order valence-corrected chi connectivity index (χ2v) is 10.2. The van der Waals surface area contributed by atoms with Crippen molar-refractivity contribution in [2.45, 2.75) is 51.1 Å². The van der Waals surface area contributed by atoms with Gasteiger partial charge in [0.25, 0.3) is 5.91 Å². The van der Waals surface area contributed by atoms with Crippen molar-refractivity contribution in [2.75, 3.05) is 6.54 Å². The van der Waals surface area contributed by atoms with Gasteiger partial charge in [-0.2, -0.15) is 0 Å². The van der Waals surface area contributed by atoms with E-state index in [1.54, 1.807) is 36.9 Å². The summed E-state index contributed by atoms with van der Waals surface area (Å²) in [5.74, 6) is -2.52. The predicted molar refractivity (Wildman–Crippen MR) is 148 cm³/mol. The molecule has 4 N–H and O–H groups in total. The van der Waals surface area contributed by atoms with Crippen molar-refractivity contribution in [1.82, 2.24) is 25.3 Å². The number of imidazole rings is 1. The number of nitrogens with one attached hydrogen (secondary N) is 2. The molecule has 1 aliphatic heterocycles. The van der Waals surface area contributed by atoms with Crippen LogP contribution in [0.2, 0.25) is 0 Å². The first-order valence-corrected chi connectivity index (χ1v) is 13.4. The summed E-state index contributed by atoms with van der Waals surface area (Å²) in [6.45, 7) is 3.83. The minimum Gasteiger partial charge on any atom is -0.364 e. The number of benzene rings is 2. The molecule has 0 unspecified atom stereocenters. The lowest BCUT2D eigenvalue weighted by Crippen LogP contribution is -2.38. The molecule has 1 aliphatic rings. The molecule has 41 heavy (non-hydrogen) atoms. The third kappa shape index (κ3) is 5.74. The second kappa shape index (κ2) is 11.7. The van der Waals surface area contributed by atoms with Crippen LogP contribution in [0, 0.1) is 12.7 Å². The molecule has 0 radical (unpaired) electrons. The number of H-pyrrole nitrogens is 1. The molecule has 2 aromatic carbocycles. The molecule has 3 amide bonds. The lowest BCUT2D eigenvalue weighted by molar-refractivity contribution is -0.135. The SMILES string of the molecule is Cc1onc(C(N)=O)c1[C@H](CC(=O)N1CCC[C@@H]1c1ccccc1)C(=O)N[C@@H](C)c1ncc(-c2ccccc2F)[nH]1. The molecule has 3 heterocycles. The maximum atomic E-state index is 14.3. The number of primary amides is 1. The Morgan fingerprint density at radius 3 is 2.63 bits per heavy atom. The van der Waals surface area contributed by atoms with Gasteiger partial charge in [0, 0.05) is 24.1 Å². The quantitative estimate of drug-likeness (QED) is 0.279. The van der Waals surface area contributed by atoms with Crippen molar-refractivity contribution in [3.05, 3.63) is 95.0 Å². The Labute approximate surface area is 236 Å². The van der Waals surface area contributed by atoms with E-state index in [9.17, 15) is 18.8 Å². The molecule has 11 heteroatoms. The minimum atomic E-state index is -1.10. The van der Waals surface area contributed by atoms with Gasteiger partial charge in [-0.25, -0.2) is 9.37 Å². The molecule has 2 aromatic heterocycles. The normalized spacial score (nSPS) is 16.4. The number of carbonyl (C=O) groups is 3. The van der Waals surface area contributed by atoms with Crippen LogP contribution in [0.3, 0.4) is 0 Å². The number of aromatic nitrogens is 3. The van der Waals surface area contributed by atoms with Gasteiger partial charge in [-0.05, 0) is 44.4 Å². The van der Waals surface area contributed by atoms with E-state index in [1.165, 1.54) is 12.3 Å².